The quantitative estimate of drug-likeness (QED) is 0.261. The Morgan fingerprint density at radius 1 is 0.939 bits per heavy atom. The molecule has 1 amide bonds. The summed E-state index contributed by atoms with van der Waals surface area (Å²) in [6, 6.07) is 0. The van der Waals surface area contributed by atoms with Crippen molar-refractivity contribution >= 4 is 5.91 Å². The van der Waals surface area contributed by atoms with Crippen LogP contribution in [-0.2, 0) is 4.79 Å². The van der Waals surface area contributed by atoms with Crippen LogP contribution in [0.25, 0.3) is 0 Å². The molecule has 4 fully saturated rings. The smallest absolute Gasteiger partial charge is 0.249 e. The molecule has 5 aliphatic rings. The van der Waals surface area contributed by atoms with E-state index in [1.165, 1.54) is 37.7 Å². The summed E-state index contributed by atoms with van der Waals surface area (Å²) in [5.41, 5.74) is 4.10. The van der Waals surface area contributed by atoms with Gasteiger partial charge in [0.25, 0.3) is 0 Å². The van der Waals surface area contributed by atoms with Crippen molar-refractivity contribution < 1.29 is 10.0 Å². The fourth-order valence-corrected chi connectivity index (χ4v) is 11.3. The highest BCUT2D eigenvalue weighted by Crippen LogP contribution is 2.77. The van der Waals surface area contributed by atoms with Gasteiger partial charge in [-0.15, -0.1) is 0 Å². The normalized spacial score (nSPS) is 52.2. The van der Waals surface area contributed by atoms with E-state index < -0.39 is 5.41 Å². The molecule has 0 bridgehead atoms. The fourth-order valence-electron chi connectivity index (χ4n) is 11.3. The van der Waals surface area contributed by atoms with Crippen LogP contribution in [0.4, 0.5) is 0 Å². The summed E-state index contributed by atoms with van der Waals surface area (Å²) in [6.45, 7) is 19.3. The Bertz CT molecular complexity index is 890. The number of nitrogens with one attached hydrogen (secondary N) is 1. The molecule has 1 unspecified atom stereocenters. The van der Waals surface area contributed by atoms with E-state index >= 15 is 0 Å². The summed E-state index contributed by atoms with van der Waals surface area (Å²) in [4.78, 5) is 13.2. The van der Waals surface area contributed by atoms with Crippen molar-refractivity contribution in [2.75, 3.05) is 0 Å². The Morgan fingerprint density at radius 2 is 1.67 bits per heavy atom. The molecule has 9 atom stereocenters. The second-order valence-corrected chi connectivity index (χ2v) is 14.2. The van der Waals surface area contributed by atoms with Crippen molar-refractivity contribution in [3.8, 4) is 0 Å². The molecule has 5 rings (SSSR count). The van der Waals surface area contributed by atoms with E-state index in [0.717, 1.165) is 37.5 Å². The molecular formula is C30H47NO2. The molecule has 5 aliphatic carbocycles. The first kappa shape index (κ1) is 23.6. The summed E-state index contributed by atoms with van der Waals surface area (Å²) in [5, 5.41) is 9.74. The van der Waals surface area contributed by atoms with Crippen LogP contribution in [0.15, 0.2) is 24.3 Å². The zero-order valence-corrected chi connectivity index (χ0v) is 22.0. The van der Waals surface area contributed by atoms with Crippen LogP contribution in [0.1, 0.15) is 99.3 Å². The predicted octanol–water partition coefficient (Wildman–Crippen LogP) is 7.32. The fraction of sp³-hybridized carbons (Fsp3) is 0.833. The van der Waals surface area contributed by atoms with E-state index in [1.54, 1.807) is 0 Å². The first-order valence-corrected chi connectivity index (χ1v) is 13.6. The summed E-state index contributed by atoms with van der Waals surface area (Å²) in [6.07, 6.45) is 15.3. The molecule has 0 saturated heterocycles. The SMILES string of the molecule is C=C(C)[C@@H]1CC[C@]2(C(=O)NO)CC[C@]3(C)C(CC[C@@H]4[C@@]5(C)CC=CC(C)(C)[C@@H]5CC[C@]43C)[C@H]12. The average Bonchev–Trinajstić information content (AvgIpc) is 3.14. The molecule has 3 nitrogen and oxygen atoms in total. The first-order chi connectivity index (χ1) is 15.4. The third kappa shape index (κ3) is 2.81. The lowest BCUT2D eigenvalue weighted by Gasteiger charge is -2.72. The molecule has 0 aliphatic heterocycles. The lowest BCUT2D eigenvalue weighted by Crippen LogP contribution is -2.66. The molecule has 0 aromatic carbocycles. The van der Waals surface area contributed by atoms with Gasteiger partial charge in [0.2, 0.25) is 5.91 Å². The van der Waals surface area contributed by atoms with Gasteiger partial charge in [0.05, 0.1) is 5.41 Å². The summed E-state index contributed by atoms with van der Waals surface area (Å²) in [5.74, 6) is 2.60. The second-order valence-electron chi connectivity index (χ2n) is 14.2. The third-order valence-corrected chi connectivity index (χ3v) is 12.9. The molecule has 3 heteroatoms. The van der Waals surface area contributed by atoms with E-state index in [4.69, 9.17) is 0 Å². The van der Waals surface area contributed by atoms with Crippen LogP contribution in [0.3, 0.4) is 0 Å². The number of hydrogen-bond acceptors (Lipinski definition) is 2. The minimum absolute atomic E-state index is 0.125. The van der Waals surface area contributed by atoms with Gasteiger partial charge in [-0.3, -0.25) is 10.0 Å². The second kappa shape index (κ2) is 7.21. The molecule has 184 valence electrons. The molecular weight excluding hydrogens is 406 g/mol. The summed E-state index contributed by atoms with van der Waals surface area (Å²) >= 11 is 0. The maximum Gasteiger partial charge on any atom is 0.249 e. The number of carbonyl (C=O) groups excluding carboxylic acids is 1. The highest BCUT2D eigenvalue weighted by Gasteiger charge is 2.71. The number of amides is 1. The maximum absolute atomic E-state index is 13.2. The number of carbonyl (C=O) groups is 1. The lowest BCUT2D eigenvalue weighted by atomic mass is 9.33. The van der Waals surface area contributed by atoms with Crippen LogP contribution in [-0.4, -0.2) is 11.1 Å². The highest BCUT2D eigenvalue weighted by molar-refractivity contribution is 5.82. The van der Waals surface area contributed by atoms with Gasteiger partial charge in [-0.2, -0.15) is 0 Å². The van der Waals surface area contributed by atoms with Crippen LogP contribution in [0, 0.1) is 56.7 Å². The Morgan fingerprint density at radius 3 is 2.33 bits per heavy atom. The Balaban J connectivity index is 1.58. The van der Waals surface area contributed by atoms with Gasteiger partial charge in [0.1, 0.15) is 0 Å². The molecule has 0 aromatic heterocycles. The highest BCUT2D eigenvalue weighted by atomic mass is 16.5. The predicted molar refractivity (Wildman–Crippen MR) is 133 cm³/mol. The molecule has 0 spiro atoms. The van der Waals surface area contributed by atoms with Gasteiger partial charge in [-0.25, -0.2) is 5.48 Å². The Kier molecular flexibility index (Phi) is 5.17. The zero-order chi connectivity index (χ0) is 24.0. The van der Waals surface area contributed by atoms with Crippen LogP contribution in [0.2, 0.25) is 0 Å². The number of rotatable bonds is 2. The van der Waals surface area contributed by atoms with E-state index in [1.807, 2.05) is 0 Å². The number of fused-ring (bicyclic) bond motifs is 7. The minimum atomic E-state index is -0.414. The largest absolute Gasteiger partial charge is 0.289 e. The monoisotopic (exact) mass is 453 g/mol. The van der Waals surface area contributed by atoms with Gasteiger partial charge in [-0.1, -0.05) is 58.9 Å². The Labute approximate surface area is 201 Å². The Hall–Kier alpha value is -1.09. The molecule has 0 radical (unpaired) electrons. The van der Waals surface area contributed by atoms with Crippen LogP contribution >= 0.6 is 0 Å². The van der Waals surface area contributed by atoms with E-state index in [2.05, 4.69) is 65.8 Å². The zero-order valence-electron chi connectivity index (χ0n) is 22.0. The van der Waals surface area contributed by atoms with E-state index in [0.29, 0.717) is 28.6 Å². The van der Waals surface area contributed by atoms with Crippen LogP contribution < -0.4 is 5.48 Å². The standard InChI is InChI=1S/C30H47NO2/c1-19(2)20-11-16-30(25(32)31-33)18-17-28(6)21(24(20)30)9-10-23-27(5)14-8-13-26(3,4)22(27)12-15-29(23,28)7/h8,13,20-24,33H,1,9-12,14-18H2,2-7H3,(H,31,32)/t20-,21?,22-,23+,24-,27-,28+,29+,30-/m0/s1. The molecule has 4 saturated carbocycles. The van der Waals surface area contributed by atoms with Crippen molar-refractivity contribution in [1.29, 1.82) is 0 Å². The number of allylic oxidation sites excluding steroid dienone is 3. The molecule has 0 heterocycles. The van der Waals surface area contributed by atoms with Gasteiger partial charge in [0.15, 0.2) is 0 Å². The molecule has 0 aromatic rings. The lowest BCUT2D eigenvalue weighted by molar-refractivity contribution is -0.226. The van der Waals surface area contributed by atoms with E-state index in [9.17, 15) is 10.0 Å². The van der Waals surface area contributed by atoms with Crippen molar-refractivity contribution in [2.45, 2.75) is 99.3 Å². The molecule has 2 N–H and O–H groups in total. The van der Waals surface area contributed by atoms with Crippen molar-refractivity contribution in [1.82, 2.24) is 5.48 Å². The topological polar surface area (TPSA) is 49.3 Å². The summed E-state index contributed by atoms with van der Waals surface area (Å²) in [7, 11) is 0. The minimum Gasteiger partial charge on any atom is -0.289 e. The van der Waals surface area contributed by atoms with Crippen LogP contribution in [0.5, 0.6) is 0 Å². The number of hydroxylamine groups is 1. The van der Waals surface area contributed by atoms with Crippen molar-refractivity contribution in [2.24, 2.45) is 56.7 Å². The molecule has 33 heavy (non-hydrogen) atoms. The van der Waals surface area contributed by atoms with Crippen molar-refractivity contribution in [3.63, 3.8) is 0 Å². The van der Waals surface area contributed by atoms with Crippen molar-refractivity contribution in [3.05, 3.63) is 24.3 Å². The summed E-state index contributed by atoms with van der Waals surface area (Å²) < 4.78 is 0. The van der Waals surface area contributed by atoms with Gasteiger partial charge in [0, 0.05) is 0 Å². The van der Waals surface area contributed by atoms with Gasteiger partial charge < -0.3 is 0 Å². The average molecular weight is 454 g/mol. The van der Waals surface area contributed by atoms with E-state index in [-0.39, 0.29) is 16.7 Å². The first-order valence-electron chi connectivity index (χ1n) is 13.6. The maximum atomic E-state index is 13.2. The van der Waals surface area contributed by atoms with Gasteiger partial charge >= 0.3 is 0 Å². The number of hydrogen-bond donors (Lipinski definition) is 2. The third-order valence-electron chi connectivity index (χ3n) is 12.9. The van der Waals surface area contributed by atoms with Gasteiger partial charge in [-0.05, 0) is 116 Å².